The van der Waals surface area contributed by atoms with E-state index in [4.69, 9.17) is 10.2 Å². The number of hydrogen-bond acceptors (Lipinski definition) is 6. The van der Waals surface area contributed by atoms with Gasteiger partial charge in [0.25, 0.3) is 0 Å². The molecule has 5 rings (SSSR count). The number of ether oxygens (including phenoxy) is 2. The zero-order chi connectivity index (χ0) is 27.2. The summed E-state index contributed by atoms with van der Waals surface area (Å²) in [5.41, 5.74) is 0.539. The minimum Gasteiger partial charge on any atom is -0.395 e. The van der Waals surface area contributed by atoms with E-state index in [-0.39, 0.29) is 37.0 Å². The van der Waals surface area contributed by atoms with Crippen molar-refractivity contribution in [1.29, 1.82) is 0 Å². The first-order chi connectivity index (χ1) is 17.4. The lowest BCUT2D eigenvalue weighted by Crippen LogP contribution is -2.28. The maximum absolute atomic E-state index is 14.9. The molecule has 0 radical (unpaired) electrons. The van der Waals surface area contributed by atoms with E-state index in [0.29, 0.717) is 23.9 Å². The van der Waals surface area contributed by atoms with Gasteiger partial charge in [-0.1, -0.05) is 19.9 Å². The van der Waals surface area contributed by atoms with Crippen molar-refractivity contribution in [2.75, 3.05) is 25.1 Å². The number of alkyl halides is 2. The number of anilines is 1. The fraction of sp³-hybridized carbons (Fsp3) is 0.423. The molecule has 200 valence electrons. The number of rotatable bonds is 6. The average molecular weight is 523 g/mol. The van der Waals surface area contributed by atoms with E-state index in [2.05, 4.69) is 14.8 Å². The van der Waals surface area contributed by atoms with Gasteiger partial charge in [-0.15, -0.1) is 8.78 Å². The number of fused-ring (bicyclic) bond motifs is 2. The average Bonchev–Trinajstić information content (AvgIpc) is 3.52. The number of amides is 1. The van der Waals surface area contributed by atoms with Gasteiger partial charge in [-0.25, -0.2) is 4.39 Å². The number of aryl methyl sites for hydroxylation is 1. The van der Waals surface area contributed by atoms with Gasteiger partial charge in [-0.3, -0.25) is 4.79 Å². The monoisotopic (exact) mass is 522 g/mol. The van der Waals surface area contributed by atoms with Gasteiger partial charge in [-0.2, -0.15) is 0 Å². The van der Waals surface area contributed by atoms with Crippen molar-refractivity contribution in [3.8, 4) is 11.5 Å². The normalized spacial score (nSPS) is 16.8. The molecule has 2 heterocycles. The molecule has 1 aromatic heterocycles. The molecule has 3 aromatic rings. The second kappa shape index (κ2) is 9.55. The molecule has 0 saturated heterocycles. The van der Waals surface area contributed by atoms with Crippen molar-refractivity contribution in [1.82, 2.24) is 4.57 Å². The first kappa shape index (κ1) is 26.8. The molecule has 1 aliphatic carbocycles. The van der Waals surface area contributed by atoms with Crippen molar-refractivity contribution < 1.29 is 42.8 Å². The molecule has 1 amide bonds. The predicted octanol–water partition coefficient (Wildman–Crippen LogP) is 3.55. The molecule has 0 spiro atoms. The third kappa shape index (κ3) is 4.98. The Labute approximate surface area is 211 Å². The molecular formula is C26H29F3N2O6. The maximum atomic E-state index is 14.9. The summed E-state index contributed by atoms with van der Waals surface area (Å²) in [6, 6.07) is 9.06. The van der Waals surface area contributed by atoms with Gasteiger partial charge in [0, 0.05) is 29.6 Å². The summed E-state index contributed by atoms with van der Waals surface area (Å²) in [5.74, 6) is -1.24. The van der Waals surface area contributed by atoms with Crippen LogP contribution in [-0.4, -0.2) is 51.9 Å². The Bertz CT molecular complexity index is 1330. The van der Waals surface area contributed by atoms with E-state index in [1.54, 1.807) is 19.2 Å². The minimum atomic E-state index is -3.74. The van der Waals surface area contributed by atoms with Crippen LogP contribution in [0.25, 0.3) is 10.9 Å². The summed E-state index contributed by atoms with van der Waals surface area (Å²) in [6.07, 6.45) is -2.74. The van der Waals surface area contributed by atoms with E-state index in [1.807, 2.05) is 24.5 Å². The van der Waals surface area contributed by atoms with E-state index in [1.165, 1.54) is 18.2 Å². The quantitative estimate of drug-likeness (QED) is 0.394. The van der Waals surface area contributed by atoms with E-state index in [0.717, 1.165) is 11.1 Å². The Hall–Kier alpha value is -3.28. The second-order valence-corrected chi connectivity index (χ2v) is 9.83. The van der Waals surface area contributed by atoms with E-state index in [9.17, 15) is 23.1 Å². The summed E-state index contributed by atoms with van der Waals surface area (Å²) < 4.78 is 52.4. The van der Waals surface area contributed by atoms with Crippen molar-refractivity contribution in [3.63, 3.8) is 0 Å². The number of carbonyl (C=O) groups excluding carboxylic acids is 1. The van der Waals surface area contributed by atoms with Crippen molar-refractivity contribution in [3.05, 3.63) is 53.5 Å². The number of carbonyl (C=O) groups is 1. The Morgan fingerprint density at radius 1 is 1.05 bits per heavy atom. The molecule has 1 fully saturated rings. The first-order valence-electron chi connectivity index (χ1n) is 11.7. The number of aliphatic hydroxyl groups is 3. The number of halogens is 3. The molecule has 0 bridgehead atoms. The van der Waals surface area contributed by atoms with Crippen LogP contribution in [0.1, 0.15) is 37.9 Å². The molecule has 0 atom stereocenters. The number of hydrogen-bond donors (Lipinski definition) is 4. The Kier molecular flexibility index (Phi) is 6.91. The largest absolute Gasteiger partial charge is 0.586 e. The van der Waals surface area contributed by atoms with Crippen LogP contribution in [0.4, 0.5) is 18.9 Å². The van der Waals surface area contributed by atoms with Crippen molar-refractivity contribution in [2.24, 2.45) is 7.05 Å². The summed E-state index contributed by atoms with van der Waals surface area (Å²) in [6.45, 7) is 3.45. The summed E-state index contributed by atoms with van der Waals surface area (Å²) in [5, 5.41) is 28.4. The van der Waals surface area contributed by atoms with Crippen LogP contribution < -0.4 is 14.8 Å². The van der Waals surface area contributed by atoms with Crippen molar-refractivity contribution >= 4 is 22.5 Å². The van der Waals surface area contributed by atoms with Crippen molar-refractivity contribution in [2.45, 2.75) is 43.8 Å². The van der Waals surface area contributed by atoms with Crippen LogP contribution in [0.3, 0.4) is 0 Å². The van der Waals surface area contributed by atoms with E-state index < -0.39 is 28.8 Å². The highest BCUT2D eigenvalue weighted by atomic mass is 19.3. The third-order valence-electron chi connectivity index (χ3n) is 6.71. The standard InChI is InChI=1S/C24H23F3N2O4.C2H6O2/c1-22(2,12-30)20-9-13-8-16(15(25)11-17(13)29(20)3)28-21(31)23(6-7-23)14-4-5-18-19(10-14)33-24(26,27)32-18;3-1-2-4/h4-5,8-11,30H,6-7,12H2,1-3H3,(H,28,31);3-4H,1-2H2. The lowest BCUT2D eigenvalue weighted by molar-refractivity contribution is -0.286. The smallest absolute Gasteiger partial charge is 0.395 e. The molecule has 0 unspecified atom stereocenters. The number of nitrogens with zero attached hydrogens (tertiary/aromatic N) is 1. The van der Waals surface area contributed by atoms with Crippen LogP contribution in [0.2, 0.25) is 0 Å². The van der Waals surface area contributed by atoms with Gasteiger partial charge >= 0.3 is 6.29 Å². The Morgan fingerprint density at radius 2 is 1.70 bits per heavy atom. The molecule has 2 aromatic carbocycles. The molecular weight excluding hydrogens is 493 g/mol. The van der Waals surface area contributed by atoms with Gasteiger partial charge in [-0.05, 0) is 42.7 Å². The van der Waals surface area contributed by atoms with Crippen LogP contribution in [0.15, 0.2) is 36.4 Å². The van der Waals surface area contributed by atoms with Crippen LogP contribution in [-0.2, 0) is 22.7 Å². The maximum Gasteiger partial charge on any atom is 0.586 e. The zero-order valence-electron chi connectivity index (χ0n) is 20.6. The number of aromatic nitrogens is 1. The topological polar surface area (TPSA) is 113 Å². The van der Waals surface area contributed by atoms with Gasteiger partial charge in [0.05, 0.1) is 36.4 Å². The van der Waals surface area contributed by atoms with Gasteiger partial charge in [0.1, 0.15) is 5.82 Å². The van der Waals surface area contributed by atoms with E-state index >= 15 is 0 Å². The fourth-order valence-electron chi connectivity index (χ4n) is 4.45. The van der Waals surface area contributed by atoms with Gasteiger partial charge in [0.2, 0.25) is 5.91 Å². The highest BCUT2D eigenvalue weighted by Crippen LogP contribution is 2.52. The van der Waals surface area contributed by atoms with Crippen LogP contribution in [0.5, 0.6) is 11.5 Å². The summed E-state index contributed by atoms with van der Waals surface area (Å²) in [4.78, 5) is 13.2. The Balaban J connectivity index is 0.000000747. The molecule has 2 aliphatic rings. The molecule has 37 heavy (non-hydrogen) atoms. The number of nitrogens with one attached hydrogen (secondary N) is 1. The molecule has 1 saturated carbocycles. The van der Waals surface area contributed by atoms with Gasteiger partial charge in [0.15, 0.2) is 11.5 Å². The molecule has 11 heteroatoms. The van der Waals surface area contributed by atoms with Gasteiger partial charge < -0.3 is 34.7 Å². The highest BCUT2D eigenvalue weighted by Gasteiger charge is 2.53. The lowest BCUT2D eigenvalue weighted by atomic mass is 9.90. The zero-order valence-corrected chi connectivity index (χ0v) is 20.6. The number of aliphatic hydroxyl groups excluding tert-OH is 3. The molecule has 4 N–H and O–H groups in total. The lowest BCUT2D eigenvalue weighted by Gasteiger charge is -2.22. The minimum absolute atomic E-state index is 0.0324. The summed E-state index contributed by atoms with van der Waals surface area (Å²) in [7, 11) is 1.80. The highest BCUT2D eigenvalue weighted by molar-refractivity contribution is 6.02. The summed E-state index contributed by atoms with van der Waals surface area (Å²) >= 11 is 0. The SMILES string of the molecule is Cn1c(C(C)(C)CO)cc2cc(NC(=O)C3(c4ccc5c(c4)OC(F)(F)O5)CC3)c(F)cc21.OCCO. The Morgan fingerprint density at radius 3 is 2.30 bits per heavy atom. The van der Waals surface area contributed by atoms with Crippen LogP contribution >= 0.6 is 0 Å². The molecule has 1 aliphatic heterocycles. The fourth-order valence-corrected chi connectivity index (χ4v) is 4.45. The first-order valence-corrected chi connectivity index (χ1v) is 11.7. The second-order valence-electron chi connectivity index (χ2n) is 9.83. The predicted molar refractivity (Wildman–Crippen MR) is 129 cm³/mol. The number of benzene rings is 2. The van der Waals surface area contributed by atoms with Crippen LogP contribution in [0, 0.1) is 5.82 Å². The molecule has 8 nitrogen and oxygen atoms in total. The third-order valence-corrected chi connectivity index (χ3v) is 6.71.